The fraction of sp³-hybridized carbons (Fsp3) is 0.400. The largest absolute Gasteiger partial charge is 0.508 e. The zero-order valence-electron chi connectivity index (χ0n) is 15.0. The summed E-state index contributed by atoms with van der Waals surface area (Å²) < 4.78 is 11.3. The highest BCUT2D eigenvalue weighted by molar-refractivity contribution is 5.77. The SMILES string of the molecule is CCc1c(O)cc(O)c(-c2cccc(O)c2)c1CC1O[C@H](CO)[C@@H](CO)O1. The minimum Gasteiger partial charge on any atom is -0.508 e. The van der Waals surface area contributed by atoms with Gasteiger partial charge in [-0.2, -0.15) is 0 Å². The van der Waals surface area contributed by atoms with Crippen molar-refractivity contribution in [2.24, 2.45) is 0 Å². The van der Waals surface area contributed by atoms with Gasteiger partial charge in [-0.25, -0.2) is 0 Å². The Bertz CT molecular complexity index is 793. The van der Waals surface area contributed by atoms with E-state index in [0.29, 0.717) is 28.7 Å². The summed E-state index contributed by atoms with van der Waals surface area (Å²) in [5.74, 6) is -0.108. The van der Waals surface area contributed by atoms with Crippen LogP contribution in [0.4, 0.5) is 0 Å². The Hall–Kier alpha value is -2.32. The molecule has 1 saturated heterocycles. The molecule has 5 N–H and O–H groups in total. The van der Waals surface area contributed by atoms with E-state index in [9.17, 15) is 25.5 Å². The molecule has 0 bridgehead atoms. The summed E-state index contributed by atoms with van der Waals surface area (Å²) in [5.41, 5.74) is 2.32. The molecule has 0 unspecified atom stereocenters. The standard InChI is InChI=1S/C20H24O7/c1-2-13-14(7-19-26-17(9-21)18(10-22)27-19)20(16(25)8-15(13)24)11-4-3-5-12(23)6-11/h3-6,8,17-19,21-25H,2,7,9-10H2,1H3/t17-,18-/m1/s1. The van der Waals surface area contributed by atoms with Crippen LogP contribution in [0.1, 0.15) is 18.1 Å². The first-order valence-electron chi connectivity index (χ1n) is 8.87. The quantitative estimate of drug-likeness (QED) is 0.520. The summed E-state index contributed by atoms with van der Waals surface area (Å²) in [5, 5.41) is 49.4. The first kappa shape index (κ1) is 19.4. The molecule has 2 atom stereocenters. The van der Waals surface area contributed by atoms with Gasteiger partial charge in [-0.05, 0) is 35.2 Å². The fourth-order valence-corrected chi connectivity index (χ4v) is 3.53. The minimum atomic E-state index is -0.748. The van der Waals surface area contributed by atoms with Gasteiger partial charge in [0.05, 0.1) is 13.2 Å². The molecule has 0 aliphatic carbocycles. The lowest BCUT2D eigenvalue weighted by Gasteiger charge is -2.20. The normalized spacial score (nSPS) is 20.3. The highest BCUT2D eigenvalue weighted by atomic mass is 16.7. The molecule has 7 heteroatoms. The van der Waals surface area contributed by atoms with Crippen molar-refractivity contribution >= 4 is 0 Å². The van der Waals surface area contributed by atoms with Crippen molar-refractivity contribution in [2.75, 3.05) is 13.2 Å². The molecule has 7 nitrogen and oxygen atoms in total. The van der Waals surface area contributed by atoms with Gasteiger partial charge >= 0.3 is 0 Å². The number of ether oxygens (including phenoxy) is 2. The van der Waals surface area contributed by atoms with E-state index < -0.39 is 18.5 Å². The van der Waals surface area contributed by atoms with Crippen LogP contribution in [-0.2, 0) is 22.3 Å². The topological polar surface area (TPSA) is 120 Å². The predicted octanol–water partition coefficient (Wildman–Crippen LogP) is 1.67. The van der Waals surface area contributed by atoms with Crippen molar-refractivity contribution in [3.8, 4) is 28.4 Å². The number of hydrogen-bond donors (Lipinski definition) is 5. The van der Waals surface area contributed by atoms with E-state index in [1.807, 2.05) is 6.92 Å². The number of phenolic OH excluding ortho intramolecular Hbond substituents is 3. The van der Waals surface area contributed by atoms with Crippen LogP contribution >= 0.6 is 0 Å². The summed E-state index contributed by atoms with van der Waals surface area (Å²) in [6.07, 6.45) is -1.32. The molecule has 1 aliphatic rings. The number of aromatic hydroxyl groups is 3. The van der Waals surface area contributed by atoms with E-state index in [0.717, 1.165) is 0 Å². The Morgan fingerprint density at radius 1 is 0.889 bits per heavy atom. The van der Waals surface area contributed by atoms with Crippen LogP contribution < -0.4 is 0 Å². The van der Waals surface area contributed by atoms with Crippen LogP contribution in [0.3, 0.4) is 0 Å². The average molecular weight is 376 g/mol. The van der Waals surface area contributed by atoms with Gasteiger partial charge in [-0.3, -0.25) is 0 Å². The van der Waals surface area contributed by atoms with Gasteiger partial charge in [0.25, 0.3) is 0 Å². The zero-order chi connectivity index (χ0) is 19.6. The van der Waals surface area contributed by atoms with E-state index in [4.69, 9.17) is 9.47 Å². The summed E-state index contributed by atoms with van der Waals surface area (Å²) in [4.78, 5) is 0. The number of rotatable bonds is 6. The first-order valence-corrected chi connectivity index (χ1v) is 8.87. The van der Waals surface area contributed by atoms with Gasteiger partial charge in [0.2, 0.25) is 0 Å². The molecular weight excluding hydrogens is 352 g/mol. The van der Waals surface area contributed by atoms with Crippen LogP contribution in [0.5, 0.6) is 17.2 Å². The monoisotopic (exact) mass is 376 g/mol. The van der Waals surface area contributed by atoms with Crippen molar-refractivity contribution < 1.29 is 35.0 Å². The number of hydrogen-bond acceptors (Lipinski definition) is 7. The molecular formula is C20H24O7. The molecule has 0 saturated carbocycles. The van der Waals surface area contributed by atoms with Crippen LogP contribution in [-0.4, -0.2) is 57.2 Å². The van der Waals surface area contributed by atoms with E-state index in [1.54, 1.807) is 12.1 Å². The Labute approximate surface area is 157 Å². The predicted molar refractivity (Wildman–Crippen MR) is 97.7 cm³/mol. The summed E-state index contributed by atoms with van der Waals surface area (Å²) in [7, 11) is 0. The van der Waals surface area contributed by atoms with Crippen molar-refractivity contribution in [1.82, 2.24) is 0 Å². The van der Waals surface area contributed by atoms with Gasteiger partial charge in [0.15, 0.2) is 6.29 Å². The number of phenols is 3. The third-order valence-corrected chi connectivity index (χ3v) is 4.79. The second kappa shape index (κ2) is 8.14. The maximum atomic E-state index is 10.5. The Morgan fingerprint density at radius 2 is 1.56 bits per heavy atom. The minimum absolute atomic E-state index is 0.0377. The fourth-order valence-electron chi connectivity index (χ4n) is 3.53. The molecule has 146 valence electrons. The van der Waals surface area contributed by atoms with E-state index in [2.05, 4.69) is 0 Å². The molecule has 2 aromatic rings. The summed E-state index contributed by atoms with van der Waals surface area (Å²) in [6.45, 7) is 1.31. The van der Waals surface area contributed by atoms with E-state index >= 15 is 0 Å². The van der Waals surface area contributed by atoms with Gasteiger partial charge in [0, 0.05) is 18.1 Å². The average Bonchev–Trinajstić information content (AvgIpc) is 3.04. The molecule has 0 radical (unpaired) electrons. The number of aliphatic hydroxyl groups excluding tert-OH is 2. The van der Waals surface area contributed by atoms with Crippen LogP contribution in [0, 0.1) is 0 Å². The third-order valence-electron chi connectivity index (χ3n) is 4.79. The lowest BCUT2D eigenvalue weighted by atomic mass is 9.90. The molecule has 27 heavy (non-hydrogen) atoms. The van der Waals surface area contributed by atoms with Crippen LogP contribution in [0.15, 0.2) is 30.3 Å². The van der Waals surface area contributed by atoms with Gasteiger partial charge in [-0.1, -0.05) is 19.1 Å². The Kier molecular flexibility index (Phi) is 5.86. The Balaban J connectivity index is 2.05. The molecule has 0 spiro atoms. The number of benzene rings is 2. The maximum absolute atomic E-state index is 10.5. The lowest BCUT2D eigenvalue weighted by molar-refractivity contribution is -0.0725. The molecule has 3 rings (SSSR count). The van der Waals surface area contributed by atoms with Gasteiger partial charge < -0.3 is 35.0 Å². The first-order chi connectivity index (χ1) is 13.0. The van der Waals surface area contributed by atoms with Crippen molar-refractivity contribution in [3.05, 3.63) is 41.5 Å². The maximum Gasteiger partial charge on any atom is 0.162 e. The van der Waals surface area contributed by atoms with Crippen LogP contribution in [0.2, 0.25) is 0 Å². The molecule has 1 aliphatic heterocycles. The summed E-state index contributed by atoms with van der Waals surface area (Å²) in [6, 6.07) is 7.75. The molecule has 1 fully saturated rings. The number of aliphatic hydroxyl groups is 2. The highest BCUT2D eigenvalue weighted by Crippen LogP contribution is 2.42. The van der Waals surface area contributed by atoms with Crippen molar-refractivity contribution in [3.63, 3.8) is 0 Å². The van der Waals surface area contributed by atoms with Gasteiger partial charge in [-0.15, -0.1) is 0 Å². The molecule has 0 aromatic heterocycles. The second-order valence-corrected chi connectivity index (χ2v) is 6.50. The lowest BCUT2D eigenvalue weighted by Crippen LogP contribution is -2.29. The molecule has 2 aromatic carbocycles. The second-order valence-electron chi connectivity index (χ2n) is 6.50. The van der Waals surface area contributed by atoms with Gasteiger partial charge in [0.1, 0.15) is 29.5 Å². The molecule has 1 heterocycles. The zero-order valence-corrected chi connectivity index (χ0v) is 15.0. The van der Waals surface area contributed by atoms with Crippen molar-refractivity contribution in [1.29, 1.82) is 0 Å². The van der Waals surface area contributed by atoms with Crippen LogP contribution in [0.25, 0.3) is 11.1 Å². The summed E-state index contributed by atoms with van der Waals surface area (Å²) >= 11 is 0. The van der Waals surface area contributed by atoms with E-state index in [1.165, 1.54) is 18.2 Å². The third kappa shape index (κ3) is 3.86. The van der Waals surface area contributed by atoms with E-state index in [-0.39, 0.29) is 36.9 Å². The smallest absolute Gasteiger partial charge is 0.162 e. The van der Waals surface area contributed by atoms with Crippen molar-refractivity contribution in [2.45, 2.75) is 38.3 Å². The molecule has 0 amide bonds. The highest BCUT2D eigenvalue weighted by Gasteiger charge is 2.36. The Morgan fingerprint density at radius 3 is 2.11 bits per heavy atom.